The highest BCUT2D eigenvalue weighted by Gasteiger charge is 2.05. The first-order valence-electron chi connectivity index (χ1n) is 3.68. The molecule has 0 atom stereocenters. The van der Waals surface area contributed by atoms with E-state index in [9.17, 15) is 4.79 Å². The van der Waals surface area contributed by atoms with Crippen LogP contribution in [0.4, 0.5) is 5.69 Å². The summed E-state index contributed by atoms with van der Waals surface area (Å²) in [6, 6.07) is 4.65. The van der Waals surface area contributed by atoms with E-state index in [0.29, 0.717) is 15.7 Å². The molecular formula is C8H5Cl3N2O2. The number of hydrazone groups is 1. The first-order chi connectivity index (χ1) is 7.00. The Kier molecular flexibility index (Phi) is 4.20. The number of halogens is 3. The van der Waals surface area contributed by atoms with Crippen molar-refractivity contribution in [1.29, 1.82) is 0 Å². The summed E-state index contributed by atoms with van der Waals surface area (Å²) in [4.78, 5) is 10.3. The number of nitrogens with one attached hydrogen (secondary N) is 1. The summed E-state index contributed by atoms with van der Waals surface area (Å²) in [7, 11) is 0. The van der Waals surface area contributed by atoms with Gasteiger partial charge in [-0.15, -0.1) is 0 Å². The van der Waals surface area contributed by atoms with E-state index in [1.807, 2.05) is 0 Å². The molecule has 2 N–H and O–H groups in total. The van der Waals surface area contributed by atoms with Gasteiger partial charge in [-0.05, 0) is 18.2 Å². The molecule has 0 saturated carbocycles. The number of carboxylic acids is 1. The highest BCUT2D eigenvalue weighted by molar-refractivity contribution is 6.81. The quantitative estimate of drug-likeness (QED) is 0.653. The Morgan fingerprint density at radius 3 is 2.67 bits per heavy atom. The van der Waals surface area contributed by atoms with Crippen molar-refractivity contribution in [1.82, 2.24) is 0 Å². The monoisotopic (exact) mass is 266 g/mol. The predicted octanol–water partition coefficient (Wildman–Crippen LogP) is 3.04. The molecule has 4 nitrogen and oxygen atoms in total. The third kappa shape index (κ3) is 3.58. The lowest BCUT2D eigenvalue weighted by atomic mass is 10.3. The summed E-state index contributed by atoms with van der Waals surface area (Å²) >= 11 is 16.7. The maximum atomic E-state index is 10.3. The normalized spacial score (nSPS) is 11.3. The van der Waals surface area contributed by atoms with E-state index in [1.54, 1.807) is 12.1 Å². The van der Waals surface area contributed by atoms with Gasteiger partial charge in [0, 0.05) is 5.02 Å². The Morgan fingerprint density at radius 2 is 2.07 bits per heavy atom. The molecular weight excluding hydrogens is 262 g/mol. The molecule has 0 amide bonds. The number of anilines is 1. The largest absolute Gasteiger partial charge is 0.476 e. The van der Waals surface area contributed by atoms with Crippen LogP contribution in [0, 0.1) is 0 Å². The van der Waals surface area contributed by atoms with Crippen molar-refractivity contribution in [2.24, 2.45) is 5.10 Å². The summed E-state index contributed by atoms with van der Waals surface area (Å²) < 4.78 is 0. The van der Waals surface area contributed by atoms with Gasteiger partial charge in [-0.2, -0.15) is 5.10 Å². The maximum Gasteiger partial charge on any atom is 0.368 e. The highest BCUT2D eigenvalue weighted by atomic mass is 35.5. The van der Waals surface area contributed by atoms with Crippen LogP contribution in [0.15, 0.2) is 23.3 Å². The first-order valence-corrected chi connectivity index (χ1v) is 4.81. The molecule has 0 aliphatic rings. The number of rotatable bonds is 3. The smallest absolute Gasteiger partial charge is 0.368 e. The van der Waals surface area contributed by atoms with Gasteiger partial charge in [0.1, 0.15) is 0 Å². The fraction of sp³-hybridized carbons (Fsp3) is 0. The summed E-state index contributed by atoms with van der Waals surface area (Å²) in [6.07, 6.45) is 0. The molecule has 0 aromatic heterocycles. The Bertz CT molecular complexity index is 420. The zero-order valence-electron chi connectivity index (χ0n) is 7.17. The second-order valence-corrected chi connectivity index (χ2v) is 3.65. The molecule has 1 rings (SSSR count). The lowest BCUT2D eigenvalue weighted by Crippen LogP contribution is -2.07. The van der Waals surface area contributed by atoms with Crippen molar-refractivity contribution in [3.05, 3.63) is 28.2 Å². The van der Waals surface area contributed by atoms with Crippen LogP contribution >= 0.6 is 34.8 Å². The highest BCUT2D eigenvalue weighted by Crippen LogP contribution is 2.25. The Hall–Kier alpha value is -0.970. The average molecular weight is 267 g/mol. The van der Waals surface area contributed by atoms with Crippen molar-refractivity contribution in [3.8, 4) is 0 Å². The van der Waals surface area contributed by atoms with Gasteiger partial charge in [0.05, 0.1) is 10.7 Å². The van der Waals surface area contributed by atoms with Gasteiger partial charge in [0.2, 0.25) is 5.17 Å². The minimum absolute atomic E-state index is 0.359. The lowest BCUT2D eigenvalue weighted by Gasteiger charge is -2.03. The minimum atomic E-state index is -1.33. The molecule has 7 heteroatoms. The lowest BCUT2D eigenvalue weighted by molar-refractivity contribution is -0.129. The maximum absolute atomic E-state index is 10.3. The molecule has 0 bridgehead atoms. The van der Waals surface area contributed by atoms with Crippen molar-refractivity contribution in [3.63, 3.8) is 0 Å². The van der Waals surface area contributed by atoms with E-state index in [4.69, 9.17) is 39.9 Å². The van der Waals surface area contributed by atoms with E-state index in [-0.39, 0.29) is 0 Å². The molecule has 0 saturated heterocycles. The van der Waals surface area contributed by atoms with E-state index in [1.165, 1.54) is 6.07 Å². The zero-order valence-corrected chi connectivity index (χ0v) is 9.44. The molecule has 0 radical (unpaired) electrons. The number of carbonyl (C=O) groups is 1. The fourth-order valence-electron chi connectivity index (χ4n) is 0.740. The average Bonchev–Trinajstić information content (AvgIpc) is 2.18. The first kappa shape index (κ1) is 12.1. The fourth-order valence-corrected chi connectivity index (χ4v) is 1.11. The van der Waals surface area contributed by atoms with Crippen LogP contribution in [0.2, 0.25) is 10.0 Å². The van der Waals surface area contributed by atoms with E-state index in [2.05, 4.69) is 10.5 Å². The van der Waals surface area contributed by atoms with Crippen LogP contribution < -0.4 is 5.43 Å². The van der Waals surface area contributed by atoms with E-state index in [0.717, 1.165) is 0 Å². The number of carboxylic acid groups (broad SMARTS) is 1. The SMILES string of the molecule is O=C(O)C(Cl)=NNc1cc(Cl)ccc1Cl. The standard InChI is InChI=1S/C8H5Cl3N2O2/c9-4-1-2-5(10)6(3-4)12-13-7(11)8(14)15/h1-3,12H,(H,14,15). The Labute approximate surface area is 100 Å². The van der Waals surface area contributed by atoms with Crippen LogP contribution in [-0.2, 0) is 4.79 Å². The van der Waals surface area contributed by atoms with Gasteiger partial charge in [-0.25, -0.2) is 4.79 Å². The van der Waals surface area contributed by atoms with E-state index < -0.39 is 11.1 Å². The molecule has 0 aliphatic carbocycles. The number of nitrogens with zero attached hydrogens (tertiary/aromatic N) is 1. The molecule has 80 valence electrons. The molecule has 0 unspecified atom stereocenters. The molecule has 0 fully saturated rings. The van der Waals surface area contributed by atoms with Gasteiger partial charge in [0.15, 0.2) is 0 Å². The van der Waals surface area contributed by atoms with Gasteiger partial charge in [-0.1, -0.05) is 34.8 Å². The summed E-state index contributed by atoms with van der Waals surface area (Å²) in [6.45, 7) is 0. The number of hydrogen-bond acceptors (Lipinski definition) is 3. The van der Waals surface area contributed by atoms with Gasteiger partial charge >= 0.3 is 5.97 Å². The number of benzene rings is 1. The van der Waals surface area contributed by atoms with Crippen molar-refractivity contribution >= 4 is 51.6 Å². The van der Waals surface area contributed by atoms with Crippen LogP contribution in [0.5, 0.6) is 0 Å². The zero-order chi connectivity index (χ0) is 11.4. The molecule has 1 aromatic carbocycles. The Morgan fingerprint density at radius 1 is 1.40 bits per heavy atom. The number of hydrogen-bond donors (Lipinski definition) is 2. The summed E-state index contributed by atoms with van der Waals surface area (Å²) in [5.74, 6) is -1.33. The number of aliphatic carboxylic acids is 1. The summed E-state index contributed by atoms with van der Waals surface area (Å²) in [5.41, 5.74) is 2.77. The van der Waals surface area contributed by atoms with Crippen LogP contribution in [0.3, 0.4) is 0 Å². The van der Waals surface area contributed by atoms with Crippen molar-refractivity contribution in [2.75, 3.05) is 5.43 Å². The molecule has 0 heterocycles. The van der Waals surface area contributed by atoms with Crippen LogP contribution in [0.25, 0.3) is 0 Å². The Balaban J connectivity index is 2.86. The molecule has 0 aliphatic heterocycles. The molecule has 15 heavy (non-hydrogen) atoms. The van der Waals surface area contributed by atoms with Crippen LogP contribution in [-0.4, -0.2) is 16.2 Å². The van der Waals surface area contributed by atoms with Gasteiger partial charge in [0.25, 0.3) is 0 Å². The molecule has 0 spiro atoms. The third-order valence-electron chi connectivity index (χ3n) is 1.38. The third-order valence-corrected chi connectivity index (χ3v) is 2.19. The van der Waals surface area contributed by atoms with Gasteiger partial charge in [-0.3, -0.25) is 5.43 Å². The van der Waals surface area contributed by atoms with Crippen molar-refractivity contribution < 1.29 is 9.90 Å². The van der Waals surface area contributed by atoms with Crippen LogP contribution in [0.1, 0.15) is 0 Å². The topological polar surface area (TPSA) is 61.7 Å². The van der Waals surface area contributed by atoms with Gasteiger partial charge < -0.3 is 5.11 Å². The van der Waals surface area contributed by atoms with Crippen molar-refractivity contribution in [2.45, 2.75) is 0 Å². The summed E-state index contributed by atoms with van der Waals surface area (Å²) in [5, 5.41) is 12.0. The minimum Gasteiger partial charge on any atom is -0.476 e. The van der Waals surface area contributed by atoms with E-state index >= 15 is 0 Å². The predicted molar refractivity (Wildman–Crippen MR) is 61.0 cm³/mol. The second-order valence-electron chi connectivity index (χ2n) is 2.44. The molecule has 1 aromatic rings. The second kappa shape index (κ2) is 5.21.